The summed E-state index contributed by atoms with van der Waals surface area (Å²) in [4.78, 5) is 16.5. The Balaban J connectivity index is 2.40. The van der Waals surface area contributed by atoms with Gasteiger partial charge < -0.3 is 10.6 Å². The van der Waals surface area contributed by atoms with E-state index in [4.69, 9.17) is 0 Å². The first-order valence-corrected chi connectivity index (χ1v) is 8.63. The SMILES string of the molecule is CCS(=O)c1ccccc1C(=O)Nc1cc(C(F)(F)F)cnc1NC. The van der Waals surface area contributed by atoms with Gasteiger partial charge in [0.1, 0.15) is 5.82 Å². The maximum Gasteiger partial charge on any atom is 0.417 e. The summed E-state index contributed by atoms with van der Waals surface area (Å²) < 4.78 is 50.7. The summed E-state index contributed by atoms with van der Waals surface area (Å²) in [5.74, 6) is -0.248. The van der Waals surface area contributed by atoms with E-state index < -0.39 is 28.4 Å². The van der Waals surface area contributed by atoms with Gasteiger partial charge >= 0.3 is 6.18 Å². The summed E-state index contributed by atoms with van der Waals surface area (Å²) in [6, 6.07) is 7.06. The van der Waals surface area contributed by atoms with E-state index in [1.165, 1.54) is 13.1 Å². The van der Waals surface area contributed by atoms with E-state index in [-0.39, 0.29) is 17.1 Å². The molecule has 0 saturated heterocycles. The van der Waals surface area contributed by atoms with Gasteiger partial charge in [-0.15, -0.1) is 0 Å². The van der Waals surface area contributed by atoms with Crippen molar-refractivity contribution in [2.45, 2.75) is 18.0 Å². The van der Waals surface area contributed by atoms with Crippen molar-refractivity contribution in [2.75, 3.05) is 23.4 Å². The number of nitrogens with zero attached hydrogens (tertiary/aromatic N) is 1. The van der Waals surface area contributed by atoms with E-state index in [1.807, 2.05) is 0 Å². The van der Waals surface area contributed by atoms with Crippen molar-refractivity contribution < 1.29 is 22.2 Å². The minimum atomic E-state index is -4.58. The lowest BCUT2D eigenvalue weighted by atomic mass is 10.2. The van der Waals surface area contributed by atoms with E-state index in [0.29, 0.717) is 16.8 Å². The summed E-state index contributed by atoms with van der Waals surface area (Å²) >= 11 is 0. The van der Waals surface area contributed by atoms with Crippen molar-refractivity contribution in [1.29, 1.82) is 0 Å². The number of hydrogen-bond donors (Lipinski definition) is 2. The number of carbonyl (C=O) groups excluding carboxylic acids is 1. The molecule has 1 aromatic carbocycles. The monoisotopic (exact) mass is 371 g/mol. The van der Waals surface area contributed by atoms with E-state index in [0.717, 1.165) is 6.07 Å². The molecule has 0 aliphatic rings. The minimum Gasteiger partial charge on any atom is -0.371 e. The number of rotatable bonds is 5. The standard InChI is InChI=1S/C16H16F3N3O2S/c1-3-25(24)13-7-5-4-6-11(13)15(23)22-12-8-10(16(17,18)19)9-21-14(12)20-2/h4-9H,3H2,1-2H3,(H,20,21)(H,22,23). The molecule has 1 unspecified atom stereocenters. The van der Waals surface area contributed by atoms with Gasteiger partial charge in [0.05, 0.1) is 32.5 Å². The molecule has 1 atom stereocenters. The lowest BCUT2D eigenvalue weighted by Gasteiger charge is -2.14. The number of halogens is 3. The highest BCUT2D eigenvalue weighted by Gasteiger charge is 2.32. The molecule has 134 valence electrons. The van der Waals surface area contributed by atoms with E-state index in [9.17, 15) is 22.2 Å². The Morgan fingerprint density at radius 3 is 2.56 bits per heavy atom. The summed E-state index contributed by atoms with van der Waals surface area (Å²) in [5, 5.41) is 5.04. The topological polar surface area (TPSA) is 71.1 Å². The normalized spacial score (nSPS) is 12.5. The highest BCUT2D eigenvalue weighted by atomic mass is 32.2. The van der Waals surface area contributed by atoms with Gasteiger partial charge in [0.15, 0.2) is 0 Å². The number of carbonyl (C=O) groups is 1. The Morgan fingerprint density at radius 2 is 1.96 bits per heavy atom. The van der Waals surface area contributed by atoms with Gasteiger partial charge in [-0.05, 0) is 18.2 Å². The number of benzene rings is 1. The number of aromatic nitrogens is 1. The number of nitrogens with one attached hydrogen (secondary N) is 2. The molecule has 5 nitrogen and oxygen atoms in total. The van der Waals surface area contributed by atoms with Crippen LogP contribution in [0.1, 0.15) is 22.8 Å². The van der Waals surface area contributed by atoms with E-state index in [1.54, 1.807) is 25.1 Å². The third-order valence-electron chi connectivity index (χ3n) is 3.34. The van der Waals surface area contributed by atoms with Gasteiger partial charge in [-0.2, -0.15) is 13.2 Å². The Bertz CT molecular complexity index is 809. The van der Waals surface area contributed by atoms with Gasteiger partial charge in [0, 0.05) is 19.0 Å². The Morgan fingerprint density at radius 1 is 1.28 bits per heavy atom. The molecular formula is C16H16F3N3O2S. The predicted octanol–water partition coefficient (Wildman–Crippen LogP) is 3.52. The number of alkyl halides is 3. The molecule has 0 radical (unpaired) electrons. The highest BCUT2D eigenvalue weighted by Crippen LogP contribution is 2.32. The second-order valence-electron chi connectivity index (χ2n) is 4.95. The zero-order chi connectivity index (χ0) is 18.6. The van der Waals surface area contributed by atoms with Gasteiger partial charge in [-0.1, -0.05) is 19.1 Å². The van der Waals surface area contributed by atoms with E-state index in [2.05, 4.69) is 15.6 Å². The number of anilines is 2. The quantitative estimate of drug-likeness (QED) is 0.844. The molecule has 1 aromatic heterocycles. The summed E-state index contributed by atoms with van der Waals surface area (Å²) in [7, 11) is 0.0993. The largest absolute Gasteiger partial charge is 0.417 e. The lowest BCUT2D eigenvalue weighted by Crippen LogP contribution is -2.17. The second kappa shape index (κ2) is 7.64. The van der Waals surface area contributed by atoms with Gasteiger partial charge in [0.2, 0.25) is 0 Å². The molecule has 0 fully saturated rings. The first-order valence-electron chi connectivity index (χ1n) is 7.31. The Hall–Kier alpha value is -2.42. The lowest BCUT2D eigenvalue weighted by molar-refractivity contribution is -0.137. The van der Waals surface area contributed by atoms with Crippen molar-refractivity contribution in [2.24, 2.45) is 0 Å². The fourth-order valence-corrected chi connectivity index (χ4v) is 3.06. The van der Waals surface area contributed by atoms with Crippen LogP contribution in [0.4, 0.5) is 24.7 Å². The molecule has 2 N–H and O–H groups in total. The molecule has 1 heterocycles. The fraction of sp³-hybridized carbons (Fsp3) is 0.250. The third kappa shape index (κ3) is 4.36. The number of hydrogen-bond acceptors (Lipinski definition) is 4. The van der Waals surface area contributed by atoms with Crippen LogP contribution in [-0.4, -0.2) is 27.9 Å². The molecule has 0 aliphatic carbocycles. The molecule has 25 heavy (non-hydrogen) atoms. The zero-order valence-corrected chi connectivity index (χ0v) is 14.3. The molecule has 0 spiro atoms. The highest BCUT2D eigenvalue weighted by molar-refractivity contribution is 7.85. The Kier molecular flexibility index (Phi) is 5.78. The van der Waals surface area contributed by atoms with Crippen LogP contribution in [0.2, 0.25) is 0 Å². The fourth-order valence-electron chi connectivity index (χ4n) is 2.11. The Labute approximate surface area is 145 Å². The number of amides is 1. The van der Waals surface area contributed by atoms with Crippen molar-refractivity contribution in [1.82, 2.24) is 4.98 Å². The summed E-state index contributed by atoms with van der Waals surface area (Å²) in [6.07, 6.45) is -3.90. The van der Waals surface area contributed by atoms with Crippen LogP contribution in [0.5, 0.6) is 0 Å². The van der Waals surface area contributed by atoms with Crippen LogP contribution in [0.25, 0.3) is 0 Å². The van der Waals surface area contributed by atoms with Crippen LogP contribution in [0.15, 0.2) is 41.4 Å². The second-order valence-corrected chi connectivity index (χ2v) is 6.66. The molecule has 0 saturated carbocycles. The van der Waals surface area contributed by atoms with Crippen molar-refractivity contribution in [3.8, 4) is 0 Å². The van der Waals surface area contributed by atoms with Crippen molar-refractivity contribution in [3.05, 3.63) is 47.7 Å². The molecular weight excluding hydrogens is 355 g/mol. The average Bonchev–Trinajstić information content (AvgIpc) is 2.60. The zero-order valence-electron chi connectivity index (χ0n) is 13.5. The van der Waals surface area contributed by atoms with E-state index >= 15 is 0 Å². The minimum absolute atomic E-state index is 0.0930. The summed E-state index contributed by atoms with van der Waals surface area (Å²) in [6.45, 7) is 1.71. The van der Waals surface area contributed by atoms with Gasteiger partial charge in [-0.3, -0.25) is 9.00 Å². The predicted molar refractivity (Wildman–Crippen MR) is 90.1 cm³/mol. The van der Waals surface area contributed by atoms with Crippen LogP contribution in [0, 0.1) is 0 Å². The van der Waals surface area contributed by atoms with Crippen molar-refractivity contribution in [3.63, 3.8) is 0 Å². The van der Waals surface area contributed by atoms with Crippen LogP contribution in [0.3, 0.4) is 0 Å². The molecule has 0 bridgehead atoms. The van der Waals surface area contributed by atoms with Crippen LogP contribution in [-0.2, 0) is 17.0 Å². The maximum atomic E-state index is 12.9. The van der Waals surface area contributed by atoms with Crippen LogP contribution < -0.4 is 10.6 Å². The average molecular weight is 371 g/mol. The first-order chi connectivity index (χ1) is 11.8. The molecule has 2 aromatic rings. The molecule has 9 heteroatoms. The maximum absolute atomic E-state index is 12.9. The molecule has 0 aliphatic heterocycles. The van der Waals surface area contributed by atoms with Gasteiger partial charge in [0.25, 0.3) is 5.91 Å². The third-order valence-corrected chi connectivity index (χ3v) is 4.71. The van der Waals surface area contributed by atoms with Gasteiger partial charge in [-0.25, -0.2) is 4.98 Å². The van der Waals surface area contributed by atoms with Crippen molar-refractivity contribution >= 4 is 28.2 Å². The molecule has 1 amide bonds. The first kappa shape index (κ1) is 18.9. The molecule has 2 rings (SSSR count). The smallest absolute Gasteiger partial charge is 0.371 e. The summed E-state index contributed by atoms with van der Waals surface area (Å²) in [5.41, 5.74) is -0.950. The number of pyridine rings is 1. The van der Waals surface area contributed by atoms with Crippen LogP contribution >= 0.6 is 0 Å².